The van der Waals surface area contributed by atoms with Crippen molar-refractivity contribution >= 4 is 30.0 Å². The van der Waals surface area contributed by atoms with E-state index in [1.165, 1.54) is 12.3 Å². The number of hydrogen-bond acceptors (Lipinski definition) is 8. The summed E-state index contributed by atoms with van der Waals surface area (Å²) in [5, 5.41) is 14.9. The van der Waals surface area contributed by atoms with Gasteiger partial charge in [0.15, 0.2) is 5.69 Å². The lowest BCUT2D eigenvalue weighted by molar-refractivity contribution is -0.0249. The van der Waals surface area contributed by atoms with Crippen molar-refractivity contribution < 1.29 is 13.6 Å². The number of aromatic nitrogens is 3. The van der Waals surface area contributed by atoms with Crippen LogP contribution in [0.25, 0.3) is 0 Å². The molecule has 0 unspecified atom stereocenters. The molecule has 29 heavy (non-hydrogen) atoms. The summed E-state index contributed by atoms with van der Waals surface area (Å²) in [4.78, 5) is 25.7. The molecule has 3 rings (SSSR count). The summed E-state index contributed by atoms with van der Waals surface area (Å²) in [6.45, 7) is 1.59. The quantitative estimate of drug-likeness (QED) is 0.561. The molecule has 0 radical (unpaired) electrons. The minimum Gasteiger partial charge on any atom is -0.397 e. The number of alkyl halides is 2. The van der Waals surface area contributed by atoms with Crippen LogP contribution in [-0.2, 0) is 0 Å². The normalized spacial score (nSPS) is 17.1. The SMILES string of the molecule is Cc1cnc(NC[C@H]2N(C(=O)c3ncccc3N)CCC2(F)F)nc1.N=CC=N. The van der Waals surface area contributed by atoms with E-state index in [0.29, 0.717) is 0 Å². The Morgan fingerprint density at radius 2 is 2.00 bits per heavy atom. The molecule has 5 N–H and O–H groups in total. The number of rotatable bonds is 5. The molecule has 0 bridgehead atoms. The molecule has 0 spiro atoms. The van der Waals surface area contributed by atoms with Crippen molar-refractivity contribution in [1.29, 1.82) is 10.8 Å². The van der Waals surface area contributed by atoms with Crippen LogP contribution in [0.3, 0.4) is 0 Å². The number of amides is 1. The van der Waals surface area contributed by atoms with Gasteiger partial charge >= 0.3 is 0 Å². The molecule has 1 aliphatic rings. The minimum atomic E-state index is -3.02. The van der Waals surface area contributed by atoms with Crippen LogP contribution in [0.1, 0.15) is 22.5 Å². The average molecular weight is 404 g/mol. The summed E-state index contributed by atoms with van der Waals surface area (Å²) < 4.78 is 28.6. The summed E-state index contributed by atoms with van der Waals surface area (Å²) in [5.74, 6) is -3.39. The van der Waals surface area contributed by atoms with Crippen molar-refractivity contribution in [2.45, 2.75) is 25.3 Å². The van der Waals surface area contributed by atoms with Crippen LogP contribution >= 0.6 is 0 Å². The maximum atomic E-state index is 14.3. The highest BCUT2D eigenvalue weighted by Gasteiger charge is 2.51. The molecule has 0 aromatic carbocycles. The molecule has 154 valence electrons. The Hall–Kier alpha value is -3.50. The summed E-state index contributed by atoms with van der Waals surface area (Å²) in [5.41, 5.74) is 6.75. The Morgan fingerprint density at radius 1 is 1.34 bits per heavy atom. The Bertz CT molecular complexity index is 853. The van der Waals surface area contributed by atoms with E-state index >= 15 is 0 Å². The fourth-order valence-electron chi connectivity index (χ4n) is 2.73. The Morgan fingerprint density at radius 3 is 2.59 bits per heavy atom. The number of nitrogens with two attached hydrogens (primary N) is 1. The van der Waals surface area contributed by atoms with Crippen LogP contribution in [0.2, 0.25) is 0 Å². The van der Waals surface area contributed by atoms with Gasteiger partial charge in [0.05, 0.1) is 5.69 Å². The topological polar surface area (TPSA) is 145 Å². The van der Waals surface area contributed by atoms with Gasteiger partial charge in [-0.25, -0.2) is 23.7 Å². The van der Waals surface area contributed by atoms with Gasteiger partial charge in [-0.1, -0.05) is 0 Å². The van der Waals surface area contributed by atoms with Crippen LogP contribution in [0, 0.1) is 17.7 Å². The number of anilines is 2. The Labute approximate surface area is 166 Å². The van der Waals surface area contributed by atoms with Gasteiger partial charge in [0, 0.05) is 50.5 Å². The largest absolute Gasteiger partial charge is 0.397 e. The Kier molecular flexibility index (Phi) is 7.23. The smallest absolute Gasteiger partial charge is 0.275 e. The van der Waals surface area contributed by atoms with Crippen molar-refractivity contribution in [3.63, 3.8) is 0 Å². The number of carbonyl (C=O) groups excluding carboxylic acids is 1. The zero-order valence-corrected chi connectivity index (χ0v) is 15.8. The number of aryl methyl sites for hydroxylation is 1. The number of nitrogen functional groups attached to an aromatic ring is 1. The average Bonchev–Trinajstić information content (AvgIpc) is 3.02. The lowest BCUT2D eigenvalue weighted by Gasteiger charge is -2.28. The first-order chi connectivity index (χ1) is 13.8. The van der Waals surface area contributed by atoms with E-state index in [0.717, 1.165) is 22.9 Å². The lowest BCUT2D eigenvalue weighted by atomic mass is 10.1. The lowest BCUT2D eigenvalue weighted by Crippen LogP contribution is -2.47. The molecule has 9 nitrogen and oxygen atoms in total. The summed E-state index contributed by atoms with van der Waals surface area (Å²) in [6, 6.07) is 1.77. The summed E-state index contributed by atoms with van der Waals surface area (Å²) >= 11 is 0. The highest BCUT2D eigenvalue weighted by Crippen LogP contribution is 2.35. The second-order valence-corrected chi connectivity index (χ2v) is 6.26. The molecule has 1 fully saturated rings. The second-order valence-electron chi connectivity index (χ2n) is 6.26. The van der Waals surface area contributed by atoms with Crippen LogP contribution in [-0.4, -0.2) is 63.2 Å². The number of hydrogen-bond donors (Lipinski definition) is 4. The monoisotopic (exact) mass is 404 g/mol. The fraction of sp³-hybridized carbons (Fsp3) is 0.333. The molecule has 0 aliphatic carbocycles. The molecule has 0 saturated carbocycles. The van der Waals surface area contributed by atoms with E-state index in [-0.39, 0.29) is 30.4 Å². The predicted molar refractivity (Wildman–Crippen MR) is 106 cm³/mol. The van der Waals surface area contributed by atoms with Crippen LogP contribution in [0.5, 0.6) is 0 Å². The number of pyridine rings is 1. The van der Waals surface area contributed by atoms with Gasteiger partial charge in [0.25, 0.3) is 11.8 Å². The first-order valence-corrected chi connectivity index (χ1v) is 8.71. The molecule has 2 aromatic rings. The van der Waals surface area contributed by atoms with E-state index < -0.39 is 24.3 Å². The van der Waals surface area contributed by atoms with Crippen molar-refractivity contribution in [1.82, 2.24) is 19.9 Å². The van der Waals surface area contributed by atoms with E-state index in [2.05, 4.69) is 20.3 Å². The van der Waals surface area contributed by atoms with Crippen molar-refractivity contribution in [3.8, 4) is 0 Å². The van der Waals surface area contributed by atoms with Gasteiger partial charge < -0.3 is 26.8 Å². The molecule has 3 heterocycles. The van der Waals surface area contributed by atoms with Crippen LogP contribution in [0.4, 0.5) is 20.4 Å². The van der Waals surface area contributed by atoms with Crippen molar-refractivity contribution in [3.05, 3.63) is 42.0 Å². The Balaban J connectivity index is 0.000000687. The molecule has 1 amide bonds. The van der Waals surface area contributed by atoms with Crippen molar-refractivity contribution in [2.75, 3.05) is 24.1 Å². The third kappa shape index (κ3) is 5.50. The first-order valence-electron chi connectivity index (χ1n) is 8.71. The van der Waals surface area contributed by atoms with E-state index in [4.69, 9.17) is 16.6 Å². The molecular weight excluding hydrogens is 382 g/mol. The van der Waals surface area contributed by atoms with Gasteiger partial charge in [0.1, 0.15) is 6.04 Å². The number of nitrogens with one attached hydrogen (secondary N) is 3. The standard InChI is InChI=1S/C16H18F2N6O.C2H4N2/c1-10-7-21-15(22-8-10)23-9-12-16(17,18)4-6-24(12)14(25)13-11(19)3-2-5-20-13;3-1-2-4/h2-3,5,7-8,12H,4,6,9,19H2,1H3,(H,21,22,23);1-4H/t12-;/m1./s1. The number of halogens is 2. The van der Waals surface area contributed by atoms with Crippen LogP contribution < -0.4 is 11.1 Å². The zero-order valence-electron chi connectivity index (χ0n) is 15.8. The molecule has 1 atom stereocenters. The highest BCUT2D eigenvalue weighted by atomic mass is 19.3. The molecule has 1 aliphatic heterocycles. The van der Waals surface area contributed by atoms with Gasteiger partial charge in [-0.3, -0.25) is 4.79 Å². The van der Waals surface area contributed by atoms with Gasteiger partial charge in [0.2, 0.25) is 5.95 Å². The number of nitrogens with zero attached hydrogens (tertiary/aromatic N) is 4. The number of carbonyl (C=O) groups is 1. The van der Waals surface area contributed by atoms with Gasteiger partial charge in [-0.15, -0.1) is 0 Å². The second kappa shape index (κ2) is 9.62. The molecule has 2 aromatic heterocycles. The zero-order chi connectivity index (χ0) is 21.4. The van der Waals surface area contributed by atoms with E-state index in [9.17, 15) is 13.6 Å². The first kappa shape index (κ1) is 21.8. The third-order valence-corrected chi connectivity index (χ3v) is 4.17. The maximum absolute atomic E-state index is 14.3. The van der Waals surface area contributed by atoms with Crippen molar-refractivity contribution in [2.24, 2.45) is 0 Å². The minimum absolute atomic E-state index is 0.0169. The molecular formula is C18H22F2N8O. The maximum Gasteiger partial charge on any atom is 0.275 e. The molecule has 11 heteroatoms. The fourth-order valence-corrected chi connectivity index (χ4v) is 2.73. The third-order valence-electron chi connectivity index (χ3n) is 4.17. The van der Waals surface area contributed by atoms with E-state index in [1.807, 2.05) is 6.92 Å². The molecule has 1 saturated heterocycles. The predicted octanol–water partition coefficient (Wildman–Crippen LogP) is 2.01. The van der Waals surface area contributed by atoms with Gasteiger partial charge in [-0.05, 0) is 24.6 Å². The number of likely N-dealkylation sites (tertiary alicyclic amines) is 1. The van der Waals surface area contributed by atoms with Gasteiger partial charge in [-0.2, -0.15) is 0 Å². The van der Waals surface area contributed by atoms with Crippen LogP contribution in [0.15, 0.2) is 30.7 Å². The highest BCUT2D eigenvalue weighted by molar-refractivity contribution is 6.12. The summed E-state index contributed by atoms with van der Waals surface area (Å²) in [6.07, 6.45) is 6.00. The summed E-state index contributed by atoms with van der Waals surface area (Å²) in [7, 11) is 0. The van der Waals surface area contributed by atoms with E-state index in [1.54, 1.807) is 18.5 Å².